The number of urea groups is 1. The second-order valence-electron chi connectivity index (χ2n) is 5.80. The number of piperidine rings is 1. The van der Waals surface area contributed by atoms with Crippen LogP contribution >= 0.6 is 0 Å². The van der Waals surface area contributed by atoms with Crippen molar-refractivity contribution in [2.75, 3.05) is 19.7 Å². The number of amides is 2. The van der Waals surface area contributed by atoms with Crippen LogP contribution in [0.15, 0.2) is 0 Å². The van der Waals surface area contributed by atoms with Gasteiger partial charge in [0, 0.05) is 19.7 Å². The van der Waals surface area contributed by atoms with Crippen LogP contribution in [0.25, 0.3) is 0 Å². The molecule has 2 fully saturated rings. The van der Waals surface area contributed by atoms with E-state index in [0.29, 0.717) is 6.54 Å². The number of ether oxygens (including phenoxy) is 1. The molecule has 0 saturated carbocycles. The van der Waals surface area contributed by atoms with E-state index in [4.69, 9.17) is 4.74 Å². The van der Waals surface area contributed by atoms with E-state index in [1.54, 1.807) is 4.90 Å². The van der Waals surface area contributed by atoms with Gasteiger partial charge in [0.15, 0.2) is 0 Å². The maximum Gasteiger partial charge on any atom is 0.317 e. The third kappa shape index (κ3) is 3.60. The number of β-amino-alcohol motifs (C(OH)–C–C–N with tert-alkyl or cyclic N) is 1. The summed E-state index contributed by atoms with van der Waals surface area (Å²) in [5.41, 5.74) is 0. The van der Waals surface area contributed by atoms with Crippen LogP contribution in [0, 0.1) is 5.92 Å². The standard InChI is InChI=1S/C14H26N2O3/c1-3-11(13-5-4-8-19-13)15-14(18)16-7-6-10(2)12(17)9-16/h10-13,17H,3-9H2,1-2H3,(H,15,18). The molecule has 0 radical (unpaired) electrons. The molecule has 4 atom stereocenters. The molecule has 0 aromatic carbocycles. The van der Waals surface area contributed by atoms with Gasteiger partial charge >= 0.3 is 6.03 Å². The lowest BCUT2D eigenvalue weighted by atomic mass is 9.96. The highest BCUT2D eigenvalue weighted by Gasteiger charge is 2.31. The summed E-state index contributed by atoms with van der Waals surface area (Å²) in [5, 5.41) is 12.9. The van der Waals surface area contributed by atoms with Crippen molar-refractivity contribution in [1.82, 2.24) is 10.2 Å². The Morgan fingerprint density at radius 1 is 1.53 bits per heavy atom. The highest BCUT2D eigenvalue weighted by Crippen LogP contribution is 2.20. The molecule has 110 valence electrons. The maximum atomic E-state index is 12.2. The van der Waals surface area contributed by atoms with Crippen molar-refractivity contribution in [1.29, 1.82) is 0 Å². The topological polar surface area (TPSA) is 61.8 Å². The van der Waals surface area contributed by atoms with Gasteiger partial charge in [0.2, 0.25) is 0 Å². The Hall–Kier alpha value is -0.810. The number of hydrogen-bond donors (Lipinski definition) is 2. The lowest BCUT2D eigenvalue weighted by molar-refractivity contribution is 0.0387. The number of nitrogens with one attached hydrogen (secondary N) is 1. The number of carbonyl (C=O) groups excluding carboxylic acids is 1. The van der Waals surface area contributed by atoms with E-state index in [1.807, 2.05) is 6.92 Å². The Morgan fingerprint density at radius 2 is 2.32 bits per heavy atom. The van der Waals surface area contributed by atoms with Gasteiger partial charge in [-0.25, -0.2) is 4.79 Å². The highest BCUT2D eigenvalue weighted by atomic mass is 16.5. The second kappa shape index (κ2) is 6.57. The van der Waals surface area contributed by atoms with E-state index in [2.05, 4.69) is 12.2 Å². The van der Waals surface area contributed by atoms with E-state index < -0.39 is 6.10 Å². The fourth-order valence-electron chi connectivity index (χ4n) is 2.86. The van der Waals surface area contributed by atoms with Crippen LogP contribution in [-0.2, 0) is 4.74 Å². The zero-order chi connectivity index (χ0) is 13.8. The molecule has 2 rings (SSSR count). The van der Waals surface area contributed by atoms with Crippen molar-refractivity contribution in [3.63, 3.8) is 0 Å². The van der Waals surface area contributed by atoms with Crippen LogP contribution in [0.1, 0.15) is 39.5 Å². The number of aliphatic hydroxyl groups is 1. The summed E-state index contributed by atoms with van der Waals surface area (Å²) in [4.78, 5) is 13.9. The van der Waals surface area contributed by atoms with Crippen molar-refractivity contribution in [2.45, 2.75) is 57.8 Å². The second-order valence-corrected chi connectivity index (χ2v) is 5.80. The van der Waals surface area contributed by atoms with Gasteiger partial charge in [0.25, 0.3) is 0 Å². The Morgan fingerprint density at radius 3 is 2.89 bits per heavy atom. The summed E-state index contributed by atoms with van der Waals surface area (Å²) in [6.07, 6.45) is 3.61. The Balaban J connectivity index is 1.85. The van der Waals surface area contributed by atoms with E-state index in [0.717, 1.165) is 38.8 Å². The van der Waals surface area contributed by atoms with Crippen LogP contribution in [0.3, 0.4) is 0 Å². The normalized spacial score (nSPS) is 33.2. The van der Waals surface area contributed by atoms with Gasteiger partial charge in [0.05, 0.1) is 18.2 Å². The van der Waals surface area contributed by atoms with Crippen LogP contribution in [0.5, 0.6) is 0 Å². The monoisotopic (exact) mass is 270 g/mol. The largest absolute Gasteiger partial charge is 0.391 e. The number of carbonyl (C=O) groups is 1. The molecule has 5 heteroatoms. The predicted octanol–water partition coefficient (Wildman–Crippen LogP) is 1.36. The molecule has 0 aromatic rings. The van der Waals surface area contributed by atoms with Crippen LogP contribution in [-0.4, -0.2) is 54.0 Å². The highest BCUT2D eigenvalue weighted by molar-refractivity contribution is 5.74. The van der Waals surface area contributed by atoms with Gasteiger partial charge in [-0.05, 0) is 31.6 Å². The summed E-state index contributed by atoms with van der Waals surface area (Å²) in [6.45, 7) is 6.07. The van der Waals surface area contributed by atoms with E-state index in [1.165, 1.54) is 0 Å². The van der Waals surface area contributed by atoms with Crippen molar-refractivity contribution in [3.05, 3.63) is 0 Å². The Bertz CT molecular complexity index is 305. The molecule has 0 spiro atoms. The molecule has 0 aromatic heterocycles. The first-order chi connectivity index (χ1) is 9.11. The van der Waals surface area contributed by atoms with Crippen LogP contribution in [0.4, 0.5) is 4.79 Å². The Labute approximate surface area is 115 Å². The lowest BCUT2D eigenvalue weighted by Gasteiger charge is -2.35. The van der Waals surface area contributed by atoms with E-state index >= 15 is 0 Å². The average Bonchev–Trinajstić information content (AvgIpc) is 2.92. The minimum absolute atomic E-state index is 0.0618. The molecule has 2 heterocycles. The smallest absolute Gasteiger partial charge is 0.317 e. The summed E-state index contributed by atoms with van der Waals surface area (Å²) in [6, 6.07) is 0.0276. The fourth-order valence-corrected chi connectivity index (χ4v) is 2.86. The van der Waals surface area contributed by atoms with Gasteiger partial charge in [0.1, 0.15) is 0 Å². The van der Waals surface area contributed by atoms with Crippen LogP contribution < -0.4 is 5.32 Å². The quantitative estimate of drug-likeness (QED) is 0.814. The first kappa shape index (κ1) is 14.6. The Kier molecular flexibility index (Phi) is 5.05. The van der Waals surface area contributed by atoms with E-state index in [9.17, 15) is 9.90 Å². The van der Waals surface area contributed by atoms with Crippen molar-refractivity contribution >= 4 is 6.03 Å². The van der Waals surface area contributed by atoms with Crippen molar-refractivity contribution in [3.8, 4) is 0 Å². The number of hydrogen-bond acceptors (Lipinski definition) is 3. The molecule has 2 amide bonds. The molecule has 2 aliphatic heterocycles. The van der Waals surface area contributed by atoms with Crippen molar-refractivity contribution < 1.29 is 14.6 Å². The summed E-state index contributed by atoms with van der Waals surface area (Å²) < 4.78 is 5.65. The molecule has 2 aliphatic rings. The first-order valence-corrected chi connectivity index (χ1v) is 7.47. The molecule has 0 bridgehead atoms. The fraction of sp³-hybridized carbons (Fsp3) is 0.929. The maximum absolute atomic E-state index is 12.2. The minimum Gasteiger partial charge on any atom is -0.391 e. The predicted molar refractivity (Wildman–Crippen MR) is 72.9 cm³/mol. The first-order valence-electron chi connectivity index (χ1n) is 7.47. The van der Waals surface area contributed by atoms with Gasteiger partial charge in [-0.15, -0.1) is 0 Å². The van der Waals surface area contributed by atoms with Crippen LogP contribution in [0.2, 0.25) is 0 Å². The van der Waals surface area contributed by atoms with Gasteiger partial charge in [-0.2, -0.15) is 0 Å². The molecular weight excluding hydrogens is 244 g/mol. The molecule has 5 nitrogen and oxygen atoms in total. The third-order valence-corrected chi connectivity index (χ3v) is 4.37. The molecular formula is C14H26N2O3. The summed E-state index contributed by atoms with van der Waals surface area (Å²) in [7, 11) is 0. The molecule has 2 N–H and O–H groups in total. The average molecular weight is 270 g/mol. The zero-order valence-corrected chi connectivity index (χ0v) is 12.0. The number of aliphatic hydroxyl groups excluding tert-OH is 1. The zero-order valence-electron chi connectivity index (χ0n) is 12.0. The molecule has 0 aliphatic carbocycles. The van der Waals surface area contributed by atoms with Crippen molar-refractivity contribution in [2.24, 2.45) is 5.92 Å². The molecule has 4 unspecified atom stereocenters. The number of nitrogens with zero attached hydrogens (tertiary/aromatic N) is 1. The summed E-state index contributed by atoms with van der Waals surface area (Å²) >= 11 is 0. The van der Waals surface area contributed by atoms with Gasteiger partial charge in [-0.3, -0.25) is 0 Å². The van der Waals surface area contributed by atoms with Gasteiger partial charge in [-0.1, -0.05) is 13.8 Å². The number of rotatable bonds is 3. The molecule has 2 saturated heterocycles. The minimum atomic E-state index is -0.401. The van der Waals surface area contributed by atoms with Gasteiger partial charge < -0.3 is 20.1 Å². The lowest BCUT2D eigenvalue weighted by Crippen LogP contribution is -2.53. The number of likely N-dealkylation sites (tertiary alicyclic amines) is 1. The SMILES string of the molecule is CCC(NC(=O)N1CCC(C)C(O)C1)C1CCCO1. The third-order valence-electron chi connectivity index (χ3n) is 4.37. The van der Waals surface area contributed by atoms with E-state index in [-0.39, 0.29) is 24.1 Å². The molecule has 19 heavy (non-hydrogen) atoms. The summed E-state index contributed by atoms with van der Waals surface area (Å²) in [5.74, 6) is 0.282.